The third-order valence-corrected chi connectivity index (χ3v) is 2.81. The number of nitrogens with one attached hydrogen (secondary N) is 1. The second-order valence-corrected chi connectivity index (χ2v) is 4.32. The van der Waals surface area contributed by atoms with Gasteiger partial charge in [-0.15, -0.1) is 6.58 Å². The smallest absolute Gasteiger partial charge is 0.387 e. The average Bonchev–Trinajstić information content (AvgIpc) is 2.39. The summed E-state index contributed by atoms with van der Waals surface area (Å²) < 4.78 is 28.5. The second kappa shape index (κ2) is 8.64. The van der Waals surface area contributed by atoms with Crippen LogP contribution in [0.4, 0.5) is 8.78 Å². The first-order valence-electron chi connectivity index (χ1n) is 6.56. The van der Waals surface area contributed by atoms with E-state index in [0.29, 0.717) is 0 Å². The van der Waals surface area contributed by atoms with E-state index < -0.39 is 6.61 Å². The molecular weight excluding hydrogens is 248 g/mol. The largest absolute Gasteiger partial charge is 0.435 e. The van der Waals surface area contributed by atoms with Gasteiger partial charge in [-0.3, -0.25) is 0 Å². The molecule has 0 aliphatic heterocycles. The Morgan fingerprint density at radius 3 is 2.53 bits per heavy atom. The van der Waals surface area contributed by atoms with E-state index in [-0.39, 0.29) is 11.8 Å². The van der Waals surface area contributed by atoms with Crippen LogP contribution in [-0.2, 0) is 0 Å². The number of halogens is 2. The molecule has 2 nitrogen and oxygen atoms in total. The maximum absolute atomic E-state index is 12.1. The minimum Gasteiger partial charge on any atom is -0.435 e. The van der Waals surface area contributed by atoms with Crippen molar-refractivity contribution in [1.29, 1.82) is 0 Å². The van der Waals surface area contributed by atoms with Gasteiger partial charge in [0.2, 0.25) is 0 Å². The molecule has 19 heavy (non-hydrogen) atoms. The molecule has 0 radical (unpaired) electrons. The Bertz CT molecular complexity index is 365. The van der Waals surface area contributed by atoms with Crippen molar-refractivity contribution in [2.24, 2.45) is 0 Å². The number of rotatable bonds is 9. The zero-order chi connectivity index (χ0) is 14.1. The standard InChI is InChI=1S/C15H21F2NO/c1-3-5-6-14(18-11-4-2)12-7-9-13(10-8-12)19-15(16)17/h3,7-10,14-15,18H,1,4-6,11H2,2H3. The number of hydrogen-bond donors (Lipinski definition) is 1. The van der Waals surface area contributed by atoms with Crippen molar-refractivity contribution in [2.75, 3.05) is 6.54 Å². The van der Waals surface area contributed by atoms with E-state index in [2.05, 4.69) is 23.6 Å². The summed E-state index contributed by atoms with van der Waals surface area (Å²) in [5.74, 6) is 0.191. The molecule has 0 aliphatic carbocycles. The van der Waals surface area contributed by atoms with Crippen molar-refractivity contribution < 1.29 is 13.5 Å². The average molecular weight is 269 g/mol. The van der Waals surface area contributed by atoms with Crippen molar-refractivity contribution in [2.45, 2.75) is 38.8 Å². The van der Waals surface area contributed by atoms with E-state index in [1.165, 1.54) is 0 Å². The van der Waals surface area contributed by atoms with Gasteiger partial charge < -0.3 is 10.1 Å². The minimum atomic E-state index is -2.78. The van der Waals surface area contributed by atoms with Gasteiger partial charge in [0.25, 0.3) is 0 Å². The Hall–Kier alpha value is -1.42. The molecule has 1 aromatic rings. The molecule has 1 aromatic carbocycles. The summed E-state index contributed by atoms with van der Waals surface area (Å²) in [5, 5.41) is 3.44. The van der Waals surface area contributed by atoms with Crippen molar-refractivity contribution in [3.8, 4) is 5.75 Å². The first kappa shape index (κ1) is 15.6. The fourth-order valence-electron chi connectivity index (χ4n) is 1.87. The molecule has 1 unspecified atom stereocenters. The van der Waals surface area contributed by atoms with Gasteiger partial charge in [0, 0.05) is 6.04 Å². The topological polar surface area (TPSA) is 21.3 Å². The molecule has 0 bridgehead atoms. The number of allylic oxidation sites excluding steroid dienone is 1. The predicted molar refractivity (Wildman–Crippen MR) is 73.5 cm³/mol. The van der Waals surface area contributed by atoms with E-state index in [1.54, 1.807) is 12.1 Å². The van der Waals surface area contributed by atoms with Gasteiger partial charge in [-0.05, 0) is 43.5 Å². The zero-order valence-electron chi connectivity index (χ0n) is 11.2. The highest BCUT2D eigenvalue weighted by atomic mass is 19.3. The third kappa shape index (κ3) is 5.83. The maximum Gasteiger partial charge on any atom is 0.387 e. The van der Waals surface area contributed by atoms with E-state index >= 15 is 0 Å². The lowest BCUT2D eigenvalue weighted by atomic mass is 10.0. The van der Waals surface area contributed by atoms with Gasteiger partial charge in [0.15, 0.2) is 0 Å². The van der Waals surface area contributed by atoms with Crippen LogP contribution in [0.2, 0.25) is 0 Å². The van der Waals surface area contributed by atoms with Crippen molar-refractivity contribution >= 4 is 0 Å². The Morgan fingerprint density at radius 2 is 2.00 bits per heavy atom. The van der Waals surface area contributed by atoms with Gasteiger partial charge >= 0.3 is 6.61 Å². The molecule has 0 aromatic heterocycles. The fraction of sp³-hybridized carbons (Fsp3) is 0.467. The van der Waals surface area contributed by atoms with E-state index in [1.807, 2.05) is 18.2 Å². The zero-order valence-corrected chi connectivity index (χ0v) is 11.2. The summed E-state index contributed by atoms with van der Waals surface area (Å²) in [6, 6.07) is 7.03. The van der Waals surface area contributed by atoms with Gasteiger partial charge in [-0.1, -0.05) is 25.1 Å². The quantitative estimate of drug-likeness (QED) is 0.675. The van der Waals surface area contributed by atoms with Gasteiger partial charge in [0.1, 0.15) is 5.75 Å². The summed E-state index contributed by atoms with van der Waals surface area (Å²) in [6.45, 7) is 3.98. The van der Waals surface area contributed by atoms with Crippen LogP contribution in [0.3, 0.4) is 0 Å². The lowest BCUT2D eigenvalue weighted by Crippen LogP contribution is -2.22. The Morgan fingerprint density at radius 1 is 1.32 bits per heavy atom. The fourth-order valence-corrected chi connectivity index (χ4v) is 1.87. The molecule has 4 heteroatoms. The van der Waals surface area contributed by atoms with Crippen LogP contribution in [-0.4, -0.2) is 13.2 Å². The molecule has 106 valence electrons. The monoisotopic (exact) mass is 269 g/mol. The number of ether oxygens (including phenoxy) is 1. The highest BCUT2D eigenvalue weighted by Crippen LogP contribution is 2.22. The third-order valence-electron chi connectivity index (χ3n) is 2.81. The molecule has 0 amide bonds. The van der Waals surface area contributed by atoms with E-state index in [0.717, 1.165) is 31.4 Å². The summed E-state index contributed by atoms with van der Waals surface area (Å²) in [4.78, 5) is 0. The van der Waals surface area contributed by atoms with Crippen LogP contribution in [0.5, 0.6) is 5.75 Å². The molecule has 0 saturated carbocycles. The van der Waals surface area contributed by atoms with Crippen molar-refractivity contribution in [3.05, 3.63) is 42.5 Å². The molecule has 1 rings (SSSR count). The molecule has 1 N–H and O–H groups in total. The normalized spacial score (nSPS) is 12.4. The van der Waals surface area contributed by atoms with Gasteiger partial charge in [0.05, 0.1) is 0 Å². The van der Waals surface area contributed by atoms with Crippen LogP contribution in [0, 0.1) is 0 Å². The number of alkyl halides is 2. The summed E-state index contributed by atoms with van der Waals surface area (Å²) in [6.07, 6.45) is 4.79. The molecule has 0 saturated heterocycles. The molecule has 0 heterocycles. The Kier molecular flexibility index (Phi) is 7.11. The van der Waals surface area contributed by atoms with Gasteiger partial charge in [-0.2, -0.15) is 8.78 Å². The van der Waals surface area contributed by atoms with Crippen LogP contribution < -0.4 is 10.1 Å². The molecule has 1 atom stereocenters. The Balaban J connectivity index is 2.68. The van der Waals surface area contributed by atoms with Gasteiger partial charge in [-0.25, -0.2) is 0 Å². The Labute approximate surface area is 113 Å². The summed E-state index contributed by atoms with van der Waals surface area (Å²) in [7, 11) is 0. The predicted octanol–water partition coefficient (Wildman–Crippen LogP) is 4.29. The minimum absolute atomic E-state index is 0.191. The molecular formula is C15H21F2NO. The number of hydrogen-bond acceptors (Lipinski definition) is 2. The molecule has 0 aliphatic rings. The SMILES string of the molecule is C=CCCC(NCCC)c1ccc(OC(F)F)cc1. The van der Waals surface area contributed by atoms with E-state index in [9.17, 15) is 8.78 Å². The first-order valence-corrected chi connectivity index (χ1v) is 6.56. The van der Waals surface area contributed by atoms with E-state index in [4.69, 9.17) is 0 Å². The summed E-state index contributed by atoms with van der Waals surface area (Å²) >= 11 is 0. The lowest BCUT2D eigenvalue weighted by molar-refractivity contribution is -0.0498. The number of benzene rings is 1. The molecule has 0 fully saturated rings. The summed E-state index contributed by atoms with van der Waals surface area (Å²) in [5.41, 5.74) is 1.08. The van der Waals surface area contributed by atoms with Crippen molar-refractivity contribution in [1.82, 2.24) is 5.32 Å². The second-order valence-electron chi connectivity index (χ2n) is 4.32. The van der Waals surface area contributed by atoms with Crippen molar-refractivity contribution in [3.63, 3.8) is 0 Å². The first-order chi connectivity index (χ1) is 9.17. The highest BCUT2D eigenvalue weighted by molar-refractivity contribution is 5.29. The van der Waals surface area contributed by atoms with Crippen LogP contribution >= 0.6 is 0 Å². The van der Waals surface area contributed by atoms with Crippen LogP contribution in [0.15, 0.2) is 36.9 Å². The lowest BCUT2D eigenvalue weighted by Gasteiger charge is -2.18. The highest BCUT2D eigenvalue weighted by Gasteiger charge is 2.10. The molecule has 0 spiro atoms. The maximum atomic E-state index is 12.1. The van der Waals surface area contributed by atoms with Crippen LogP contribution in [0.1, 0.15) is 37.8 Å². The van der Waals surface area contributed by atoms with Crippen LogP contribution in [0.25, 0.3) is 0 Å².